The minimum atomic E-state index is 0.618. The number of nitrogens with two attached hydrogens (primary N) is 1. The molecule has 2 N–H and O–H groups in total. The molecule has 0 radical (unpaired) electrons. The summed E-state index contributed by atoms with van der Waals surface area (Å²) in [4.78, 5) is 1.06. The summed E-state index contributed by atoms with van der Waals surface area (Å²) in [6.45, 7) is 2.94. The molecule has 0 bridgehead atoms. The molecule has 104 valence electrons. The summed E-state index contributed by atoms with van der Waals surface area (Å²) in [6.07, 6.45) is 2.10. The Morgan fingerprint density at radius 2 is 2.05 bits per heavy atom. The van der Waals surface area contributed by atoms with Crippen LogP contribution < -0.4 is 5.73 Å². The predicted molar refractivity (Wildman–Crippen MR) is 84.0 cm³/mol. The van der Waals surface area contributed by atoms with Crippen LogP contribution in [0.1, 0.15) is 25.5 Å². The molecule has 0 atom stereocenters. The molecule has 0 aliphatic carbocycles. The maximum Gasteiger partial charge on any atom is 0.123 e. The van der Waals surface area contributed by atoms with Gasteiger partial charge in [0.15, 0.2) is 0 Å². The molecule has 0 spiro atoms. The summed E-state index contributed by atoms with van der Waals surface area (Å²) in [5.41, 5.74) is 7.32. The molecule has 5 heteroatoms. The van der Waals surface area contributed by atoms with Crippen molar-refractivity contribution in [1.29, 1.82) is 5.26 Å². The average Bonchev–Trinajstić information content (AvgIpc) is 2.75. The molecular formula is C15H16ClN3S. The summed E-state index contributed by atoms with van der Waals surface area (Å²) in [7, 11) is 0. The molecule has 0 aliphatic rings. The number of nitrogens with zero attached hydrogens (tertiary/aromatic N) is 2. The lowest BCUT2D eigenvalue weighted by Gasteiger charge is -2.10. The number of nitrogen functional groups attached to an aromatic ring is 1. The van der Waals surface area contributed by atoms with Crippen molar-refractivity contribution in [2.75, 3.05) is 5.73 Å². The highest BCUT2D eigenvalue weighted by Gasteiger charge is 2.14. The Bertz CT molecular complexity index is 626. The van der Waals surface area contributed by atoms with Crippen LogP contribution in [0, 0.1) is 11.3 Å². The quantitative estimate of drug-likeness (QED) is 0.882. The summed E-state index contributed by atoms with van der Waals surface area (Å²) in [5, 5.41) is 10.8. The third kappa shape index (κ3) is 3.30. The van der Waals surface area contributed by atoms with Gasteiger partial charge in [0.1, 0.15) is 16.8 Å². The summed E-state index contributed by atoms with van der Waals surface area (Å²) in [5.74, 6) is 0. The molecule has 0 saturated carbocycles. The molecule has 1 aromatic carbocycles. The number of halogens is 1. The van der Waals surface area contributed by atoms with Gasteiger partial charge < -0.3 is 10.3 Å². The van der Waals surface area contributed by atoms with Crippen LogP contribution in [0.25, 0.3) is 0 Å². The van der Waals surface area contributed by atoms with Crippen LogP contribution in [-0.4, -0.2) is 4.57 Å². The largest absolute Gasteiger partial charge is 0.397 e. The number of unbranched alkanes of at least 4 members (excludes halogenated alkanes) is 1. The van der Waals surface area contributed by atoms with Crippen LogP contribution in [0.4, 0.5) is 5.69 Å². The van der Waals surface area contributed by atoms with Crippen LogP contribution in [0.2, 0.25) is 5.02 Å². The van der Waals surface area contributed by atoms with Crippen LogP contribution >= 0.6 is 23.4 Å². The van der Waals surface area contributed by atoms with E-state index in [2.05, 4.69) is 13.0 Å². The first-order valence-corrected chi connectivity index (χ1v) is 7.67. The summed E-state index contributed by atoms with van der Waals surface area (Å²) in [6, 6.07) is 11.6. The van der Waals surface area contributed by atoms with Crippen molar-refractivity contribution in [3.63, 3.8) is 0 Å². The van der Waals surface area contributed by atoms with Crippen LogP contribution in [0.3, 0.4) is 0 Å². The van der Waals surface area contributed by atoms with E-state index in [1.165, 1.54) is 0 Å². The van der Waals surface area contributed by atoms with Gasteiger partial charge in [0, 0.05) is 16.5 Å². The fraction of sp³-hybridized carbons (Fsp3) is 0.267. The molecule has 3 nitrogen and oxygen atoms in total. The lowest BCUT2D eigenvalue weighted by Crippen LogP contribution is -2.02. The highest BCUT2D eigenvalue weighted by Crippen LogP contribution is 2.35. The van der Waals surface area contributed by atoms with Crippen molar-refractivity contribution in [1.82, 2.24) is 4.57 Å². The normalized spacial score (nSPS) is 10.4. The van der Waals surface area contributed by atoms with Gasteiger partial charge in [0.25, 0.3) is 0 Å². The maximum atomic E-state index is 9.20. The van der Waals surface area contributed by atoms with Crippen LogP contribution in [0.15, 0.2) is 40.3 Å². The van der Waals surface area contributed by atoms with Gasteiger partial charge in [0.2, 0.25) is 0 Å². The van der Waals surface area contributed by atoms with E-state index in [4.69, 9.17) is 17.3 Å². The zero-order valence-electron chi connectivity index (χ0n) is 11.3. The van der Waals surface area contributed by atoms with Gasteiger partial charge in [-0.3, -0.25) is 0 Å². The van der Waals surface area contributed by atoms with Crippen molar-refractivity contribution in [2.45, 2.75) is 36.2 Å². The highest BCUT2D eigenvalue weighted by molar-refractivity contribution is 7.99. The zero-order chi connectivity index (χ0) is 14.5. The second-order valence-electron chi connectivity index (χ2n) is 4.46. The molecule has 0 unspecified atom stereocenters. The van der Waals surface area contributed by atoms with Crippen LogP contribution in [0.5, 0.6) is 0 Å². The first kappa shape index (κ1) is 14.8. The van der Waals surface area contributed by atoms with Crippen molar-refractivity contribution >= 4 is 29.1 Å². The minimum absolute atomic E-state index is 0.618. The molecular weight excluding hydrogens is 290 g/mol. The van der Waals surface area contributed by atoms with E-state index >= 15 is 0 Å². The van der Waals surface area contributed by atoms with Crippen molar-refractivity contribution in [2.24, 2.45) is 0 Å². The van der Waals surface area contributed by atoms with E-state index in [-0.39, 0.29) is 0 Å². The number of hydrogen-bond donors (Lipinski definition) is 1. The second kappa shape index (κ2) is 6.74. The third-order valence-corrected chi connectivity index (χ3v) is 4.36. The van der Waals surface area contributed by atoms with Gasteiger partial charge in [-0.2, -0.15) is 5.26 Å². The lowest BCUT2D eigenvalue weighted by molar-refractivity contribution is 0.594. The SMILES string of the molecule is CCCCn1c(C#N)cc(N)c1Sc1ccc(Cl)cc1. The summed E-state index contributed by atoms with van der Waals surface area (Å²) < 4.78 is 2.00. The Balaban J connectivity index is 2.32. The maximum absolute atomic E-state index is 9.20. The van der Waals surface area contributed by atoms with Crippen molar-refractivity contribution in [3.05, 3.63) is 41.0 Å². The fourth-order valence-corrected chi connectivity index (χ4v) is 3.01. The molecule has 1 aromatic heterocycles. The number of hydrogen-bond acceptors (Lipinski definition) is 3. The van der Waals surface area contributed by atoms with Crippen molar-refractivity contribution < 1.29 is 0 Å². The zero-order valence-corrected chi connectivity index (χ0v) is 12.8. The fourth-order valence-electron chi connectivity index (χ4n) is 1.91. The topological polar surface area (TPSA) is 54.7 Å². The number of benzene rings is 1. The van der Waals surface area contributed by atoms with E-state index in [0.717, 1.165) is 29.3 Å². The first-order chi connectivity index (χ1) is 9.65. The van der Waals surface area contributed by atoms with Gasteiger partial charge in [-0.25, -0.2) is 0 Å². The van der Waals surface area contributed by atoms with Gasteiger partial charge in [-0.1, -0.05) is 36.7 Å². The van der Waals surface area contributed by atoms with Gasteiger partial charge in [-0.15, -0.1) is 0 Å². The Morgan fingerprint density at radius 1 is 1.35 bits per heavy atom. The second-order valence-corrected chi connectivity index (χ2v) is 5.96. The Kier molecular flexibility index (Phi) is 4.99. The molecule has 0 fully saturated rings. The molecule has 1 heterocycles. The van der Waals surface area contributed by atoms with E-state index in [1.54, 1.807) is 17.8 Å². The molecule has 20 heavy (non-hydrogen) atoms. The Morgan fingerprint density at radius 3 is 2.65 bits per heavy atom. The Labute approximate surface area is 128 Å². The number of anilines is 1. The van der Waals surface area contributed by atoms with Crippen LogP contribution in [-0.2, 0) is 6.54 Å². The van der Waals surface area contributed by atoms with Gasteiger partial charge >= 0.3 is 0 Å². The number of aromatic nitrogens is 1. The standard InChI is InChI=1S/C15H16ClN3S/c1-2-3-8-19-12(10-17)9-14(18)15(19)20-13-6-4-11(16)5-7-13/h4-7,9H,2-3,8,18H2,1H3. The molecule has 2 aromatic rings. The van der Waals surface area contributed by atoms with E-state index < -0.39 is 0 Å². The number of rotatable bonds is 5. The average molecular weight is 306 g/mol. The monoisotopic (exact) mass is 305 g/mol. The molecule has 0 amide bonds. The number of nitriles is 1. The third-order valence-electron chi connectivity index (χ3n) is 2.95. The lowest BCUT2D eigenvalue weighted by atomic mass is 10.3. The Hall–Kier alpha value is -1.57. The smallest absolute Gasteiger partial charge is 0.123 e. The van der Waals surface area contributed by atoms with E-state index in [9.17, 15) is 5.26 Å². The predicted octanol–water partition coefficient (Wildman–Crippen LogP) is 4.55. The molecule has 0 saturated heterocycles. The highest BCUT2D eigenvalue weighted by atomic mass is 35.5. The first-order valence-electron chi connectivity index (χ1n) is 6.48. The molecule has 0 aliphatic heterocycles. The minimum Gasteiger partial charge on any atom is -0.397 e. The van der Waals surface area contributed by atoms with E-state index in [0.29, 0.717) is 16.4 Å². The molecule has 2 rings (SSSR count). The van der Waals surface area contributed by atoms with Gasteiger partial charge in [0.05, 0.1) is 5.69 Å². The van der Waals surface area contributed by atoms with Gasteiger partial charge in [-0.05, 0) is 36.8 Å². The summed E-state index contributed by atoms with van der Waals surface area (Å²) >= 11 is 7.45. The van der Waals surface area contributed by atoms with Crippen molar-refractivity contribution in [3.8, 4) is 6.07 Å². The van der Waals surface area contributed by atoms with E-state index in [1.807, 2.05) is 28.8 Å².